The standard InChI is InChI=1S/C19H27FN4OS/c1-14(2)19-18(26-22-21-19)13-23-8-9-24(17(12-23)7-10-25)11-15-3-5-16(20)6-4-15/h3-6,14,17,25H,7-13H2,1-2H3/t17-/m1/s1. The van der Waals surface area contributed by atoms with E-state index in [0.717, 1.165) is 50.4 Å². The van der Waals surface area contributed by atoms with Gasteiger partial charge in [0.05, 0.1) is 10.6 Å². The first-order valence-electron chi connectivity index (χ1n) is 9.19. The third-order valence-electron chi connectivity index (χ3n) is 4.95. The number of halogens is 1. The van der Waals surface area contributed by atoms with E-state index in [0.29, 0.717) is 12.0 Å². The van der Waals surface area contributed by atoms with E-state index in [1.165, 1.54) is 28.5 Å². The van der Waals surface area contributed by atoms with Crippen LogP contribution in [0.5, 0.6) is 0 Å². The average Bonchev–Trinajstić information content (AvgIpc) is 3.08. The van der Waals surface area contributed by atoms with E-state index in [4.69, 9.17) is 0 Å². The number of aliphatic hydroxyl groups excluding tert-OH is 1. The maximum atomic E-state index is 13.1. The molecule has 3 rings (SSSR count). The second kappa shape index (κ2) is 8.99. The number of hydrogen-bond donors (Lipinski definition) is 1. The van der Waals surface area contributed by atoms with Crippen molar-refractivity contribution in [2.24, 2.45) is 0 Å². The predicted octanol–water partition coefficient (Wildman–Crippen LogP) is 2.87. The molecule has 1 saturated heterocycles. The minimum absolute atomic E-state index is 0.178. The molecule has 1 atom stereocenters. The SMILES string of the molecule is CC(C)c1nnsc1CN1CCN(Cc2ccc(F)cc2)[C@H](CCO)C1. The molecule has 0 unspecified atom stereocenters. The monoisotopic (exact) mass is 378 g/mol. The number of hydrogen-bond acceptors (Lipinski definition) is 6. The first kappa shape index (κ1) is 19.4. The number of aliphatic hydroxyl groups is 1. The molecule has 1 aromatic carbocycles. The van der Waals surface area contributed by atoms with Crippen molar-refractivity contribution in [3.05, 3.63) is 46.2 Å². The van der Waals surface area contributed by atoms with E-state index in [9.17, 15) is 9.50 Å². The van der Waals surface area contributed by atoms with Gasteiger partial charge in [-0.3, -0.25) is 9.80 Å². The van der Waals surface area contributed by atoms with Gasteiger partial charge in [-0.15, -0.1) is 5.10 Å². The zero-order valence-electron chi connectivity index (χ0n) is 15.4. The topological polar surface area (TPSA) is 52.5 Å². The first-order valence-corrected chi connectivity index (χ1v) is 9.97. The molecule has 0 radical (unpaired) electrons. The van der Waals surface area contributed by atoms with E-state index in [1.54, 1.807) is 0 Å². The molecule has 0 bridgehead atoms. The predicted molar refractivity (Wildman–Crippen MR) is 102 cm³/mol. The van der Waals surface area contributed by atoms with Gasteiger partial charge in [0.15, 0.2) is 0 Å². The van der Waals surface area contributed by atoms with Crippen LogP contribution in [-0.4, -0.2) is 56.8 Å². The molecule has 1 aliphatic heterocycles. The summed E-state index contributed by atoms with van der Waals surface area (Å²) in [6, 6.07) is 7.00. The van der Waals surface area contributed by atoms with Crippen molar-refractivity contribution in [3.63, 3.8) is 0 Å². The Labute approximate surface area is 158 Å². The highest BCUT2D eigenvalue weighted by atomic mass is 32.1. The summed E-state index contributed by atoms with van der Waals surface area (Å²) < 4.78 is 17.2. The Hall–Kier alpha value is -1.41. The summed E-state index contributed by atoms with van der Waals surface area (Å²) in [5.74, 6) is 0.182. The summed E-state index contributed by atoms with van der Waals surface area (Å²) in [5, 5.41) is 13.8. The maximum Gasteiger partial charge on any atom is 0.123 e. The summed E-state index contributed by atoms with van der Waals surface area (Å²) in [6.45, 7) is 8.96. The molecule has 0 amide bonds. The number of nitrogens with zero attached hydrogens (tertiary/aromatic N) is 4. The third-order valence-corrected chi connectivity index (χ3v) is 5.67. The Morgan fingerprint density at radius 2 is 2.00 bits per heavy atom. The molecular formula is C19H27FN4OS. The fraction of sp³-hybridized carbons (Fsp3) is 0.579. The molecule has 0 aliphatic carbocycles. The molecule has 7 heteroatoms. The van der Waals surface area contributed by atoms with Crippen molar-refractivity contribution in [2.75, 3.05) is 26.2 Å². The van der Waals surface area contributed by atoms with E-state index >= 15 is 0 Å². The summed E-state index contributed by atoms with van der Waals surface area (Å²) >= 11 is 1.49. The Bertz CT molecular complexity index is 691. The van der Waals surface area contributed by atoms with Crippen LogP contribution in [-0.2, 0) is 13.1 Å². The highest BCUT2D eigenvalue weighted by Crippen LogP contribution is 2.24. The first-order chi connectivity index (χ1) is 12.6. The van der Waals surface area contributed by atoms with Crippen LogP contribution in [0.1, 0.15) is 42.3 Å². The van der Waals surface area contributed by atoms with E-state index < -0.39 is 0 Å². The van der Waals surface area contributed by atoms with Crippen molar-refractivity contribution < 1.29 is 9.50 Å². The second-order valence-corrected chi connectivity index (χ2v) is 8.07. The lowest BCUT2D eigenvalue weighted by atomic mass is 10.1. The molecule has 142 valence electrons. The molecule has 1 N–H and O–H groups in total. The summed E-state index contributed by atoms with van der Waals surface area (Å²) in [6.07, 6.45) is 0.746. The van der Waals surface area contributed by atoms with E-state index in [1.807, 2.05) is 12.1 Å². The van der Waals surface area contributed by atoms with Crippen molar-refractivity contribution in [1.82, 2.24) is 19.4 Å². The molecular weight excluding hydrogens is 351 g/mol. The van der Waals surface area contributed by atoms with E-state index in [2.05, 4.69) is 33.2 Å². The smallest absolute Gasteiger partial charge is 0.123 e. The van der Waals surface area contributed by atoms with Gasteiger partial charge < -0.3 is 5.11 Å². The van der Waals surface area contributed by atoms with Crippen LogP contribution in [0, 0.1) is 5.82 Å². The van der Waals surface area contributed by atoms with Crippen molar-refractivity contribution >= 4 is 11.5 Å². The van der Waals surface area contributed by atoms with Crippen LogP contribution >= 0.6 is 11.5 Å². The van der Waals surface area contributed by atoms with Gasteiger partial charge in [-0.1, -0.05) is 30.5 Å². The Morgan fingerprint density at radius 3 is 2.69 bits per heavy atom. The minimum atomic E-state index is -0.204. The summed E-state index contributed by atoms with van der Waals surface area (Å²) in [7, 11) is 0. The Balaban J connectivity index is 1.63. The van der Waals surface area contributed by atoms with Crippen LogP contribution in [0.3, 0.4) is 0 Å². The molecule has 0 saturated carbocycles. The number of benzene rings is 1. The lowest BCUT2D eigenvalue weighted by Gasteiger charge is -2.41. The molecule has 1 aliphatic rings. The van der Waals surface area contributed by atoms with Gasteiger partial charge in [-0.05, 0) is 41.6 Å². The van der Waals surface area contributed by atoms with Crippen molar-refractivity contribution in [3.8, 4) is 0 Å². The normalized spacial score (nSPS) is 19.3. The van der Waals surface area contributed by atoms with Crippen molar-refractivity contribution in [1.29, 1.82) is 0 Å². The average molecular weight is 379 g/mol. The molecule has 5 nitrogen and oxygen atoms in total. The van der Waals surface area contributed by atoms with Gasteiger partial charge in [0.1, 0.15) is 5.82 Å². The van der Waals surface area contributed by atoms with E-state index in [-0.39, 0.29) is 12.4 Å². The van der Waals surface area contributed by atoms with Crippen molar-refractivity contribution in [2.45, 2.75) is 45.3 Å². The van der Waals surface area contributed by atoms with Gasteiger partial charge in [0.2, 0.25) is 0 Å². The highest BCUT2D eigenvalue weighted by molar-refractivity contribution is 7.05. The molecule has 1 aromatic heterocycles. The van der Waals surface area contributed by atoms with Gasteiger partial charge in [0, 0.05) is 45.4 Å². The van der Waals surface area contributed by atoms with Crippen LogP contribution < -0.4 is 0 Å². The molecule has 0 spiro atoms. The number of rotatable bonds is 7. The second-order valence-electron chi connectivity index (χ2n) is 7.23. The Kier molecular flexibility index (Phi) is 6.69. The van der Waals surface area contributed by atoms with Gasteiger partial charge >= 0.3 is 0 Å². The maximum absolute atomic E-state index is 13.1. The molecule has 2 aromatic rings. The largest absolute Gasteiger partial charge is 0.396 e. The van der Waals surface area contributed by atoms with Gasteiger partial charge in [0.25, 0.3) is 0 Å². The molecule has 26 heavy (non-hydrogen) atoms. The fourth-order valence-electron chi connectivity index (χ4n) is 3.52. The van der Waals surface area contributed by atoms with Crippen LogP contribution in [0.15, 0.2) is 24.3 Å². The third kappa shape index (κ3) is 4.85. The fourth-order valence-corrected chi connectivity index (χ4v) is 4.36. The van der Waals surface area contributed by atoms with Gasteiger partial charge in [-0.2, -0.15) is 0 Å². The quantitative estimate of drug-likeness (QED) is 0.803. The minimum Gasteiger partial charge on any atom is -0.396 e. The van der Waals surface area contributed by atoms with Crippen LogP contribution in [0.25, 0.3) is 0 Å². The summed E-state index contributed by atoms with van der Waals surface area (Å²) in [4.78, 5) is 6.08. The van der Waals surface area contributed by atoms with Gasteiger partial charge in [-0.25, -0.2) is 4.39 Å². The zero-order valence-corrected chi connectivity index (χ0v) is 16.3. The lowest BCUT2D eigenvalue weighted by Crippen LogP contribution is -2.52. The lowest BCUT2D eigenvalue weighted by molar-refractivity contribution is 0.0503. The Morgan fingerprint density at radius 1 is 1.23 bits per heavy atom. The number of aromatic nitrogens is 2. The molecule has 2 heterocycles. The van der Waals surface area contributed by atoms with Crippen LogP contribution in [0.2, 0.25) is 0 Å². The van der Waals surface area contributed by atoms with Crippen LogP contribution in [0.4, 0.5) is 4.39 Å². The highest BCUT2D eigenvalue weighted by Gasteiger charge is 2.27. The molecule has 1 fully saturated rings. The zero-order chi connectivity index (χ0) is 18.5. The number of piperazine rings is 1. The summed E-state index contributed by atoms with van der Waals surface area (Å²) in [5.41, 5.74) is 2.21.